The number of carboxylic acids is 1. The normalized spacial score (nSPS) is 12.4. The van der Waals surface area contributed by atoms with Crippen LogP contribution in [0.5, 0.6) is 0 Å². The lowest BCUT2D eigenvalue weighted by molar-refractivity contribution is -0.142. The van der Waals surface area contributed by atoms with Crippen molar-refractivity contribution in [2.45, 2.75) is 90.0 Å². The SMILES string of the molecule is C=C(C)C(=O)CCCCCCCCCCCCC(=O)NC(COP(=O)(O)O)C(=O)O. The summed E-state index contributed by atoms with van der Waals surface area (Å²) in [6.45, 7) is 4.59. The van der Waals surface area contributed by atoms with Gasteiger partial charge in [0.2, 0.25) is 5.91 Å². The van der Waals surface area contributed by atoms with Gasteiger partial charge in [0.15, 0.2) is 11.8 Å². The summed E-state index contributed by atoms with van der Waals surface area (Å²) in [7, 11) is -4.79. The summed E-state index contributed by atoms with van der Waals surface area (Å²) in [4.78, 5) is 51.4. The van der Waals surface area contributed by atoms with Gasteiger partial charge in [-0.05, 0) is 25.3 Å². The summed E-state index contributed by atoms with van der Waals surface area (Å²) in [6, 6.07) is -1.50. The molecule has 0 saturated heterocycles. The number of phosphoric ester groups is 1. The van der Waals surface area contributed by atoms with Crippen molar-refractivity contribution in [1.82, 2.24) is 5.32 Å². The highest BCUT2D eigenvalue weighted by Crippen LogP contribution is 2.35. The molecule has 0 saturated carbocycles. The fourth-order valence-corrected chi connectivity index (χ4v) is 3.15. The molecule has 0 radical (unpaired) electrons. The van der Waals surface area contributed by atoms with Gasteiger partial charge < -0.3 is 20.2 Å². The molecule has 4 N–H and O–H groups in total. The van der Waals surface area contributed by atoms with Crippen LogP contribution in [0.4, 0.5) is 0 Å². The van der Waals surface area contributed by atoms with E-state index in [1.54, 1.807) is 6.92 Å². The molecule has 1 atom stereocenters. The highest BCUT2D eigenvalue weighted by Gasteiger charge is 2.24. The molecule has 0 bridgehead atoms. The van der Waals surface area contributed by atoms with Crippen molar-refractivity contribution in [3.05, 3.63) is 12.2 Å². The number of ketones is 1. The van der Waals surface area contributed by atoms with Crippen LogP contribution in [-0.2, 0) is 23.5 Å². The molecule has 1 amide bonds. The number of carbonyl (C=O) groups is 3. The fraction of sp³-hybridized carbons (Fsp3) is 0.750. The van der Waals surface area contributed by atoms with Crippen molar-refractivity contribution in [3.63, 3.8) is 0 Å². The molecule has 30 heavy (non-hydrogen) atoms. The molecule has 0 heterocycles. The summed E-state index contributed by atoms with van der Waals surface area (Å²) in [5.74, 6) is -1.75. The molecule has 0 aliphatic carbocycles. The fourth-order valence-electron chi connectivity index (χ4n) is 2.81. The van der Waals surface area contributed by atoms with Crippen molar-refractivity contribution in [1.29, 1.82) is 0 Å². The Morgan fingerprint density at radius 1 is 0.900 bits per heavy atom. The molecule has 0 aromatic rings. The van der Waals surface area contributed by atoms with Crippen LogP contribution < -0.4 is 5.32 Å². The number of allylic oxidation sites excluding steroid dienone is 1. The van der Waals surface area contributed by atoms with Crippen LogP contribution in [0.25, 0.3) is 0 Å². The van der Waals surface area contributed by atoms with E-state index in [1.165, 1.54) is 0 Å². The molecule has 174 valence electrons. The Kier molecular flexibility index (Phi) is 15.4. The van der Waals surface area contributed by atoms with Gasteiger partial charge in [-0.15, -0.1) is 0 Å². The van der Waals surface area contributed by atoms with Crippen LogP contribution in [0.1, 0.15) is 84.0 Å². The molecule has 0 aromatic heterocycles. The van der Waals surface area contributed by atoms with Gasteiger partial charge in [-0.2, -0.15) is 0 Å². The number of unbranched alkanes of at least 4 members (excludes halogenated alkanes) is 9. The first-order chi connectivity index (χ1) is 14.0. The van der Waals surface area contributed by atoms with Crippen LogP contribution in [0, 0.1) is 0 Å². The second kappa shape index (κ2) is 16.2. The number of nitrogens with one attached hydrogen (secondary N) is 1. The molecule has 9 nitrogen and oxygen atoms in total. The van der Waals surface area contributed by atoms with Gasteiger partial charge in [-0.1, -0.05) is 57.9 Å². The standard InChI is InChI=1S/C20H36NO8P/c1-16(2)18(22)13-11-9-7-5-3-4-6-8-10-12-14-19(23)21-17(20(24)25)15-29-30(26,27)28/h17H,1,3-15H2,2H3,(H,21,23)(H,24,25)(H2,26,27,28). The Morgan fingerprint density at radius 3 is 1.73 bits per heavy atom. The lowest BCUT2D eigenvalue weighted by Crippen LogP contribution is -2.43. The van der Waals surface area contributed by atoms with E-state index in [9.17, 15) is 18.9 Å². The van der Waals surface area contributed by atoms with Crippen LogP contribution in [0.15, 0.2) is 12.2 Å². The van der Waals surface area contributed by atoms with Crippen LogP contribution in [0.3, 0.4) is 0 Å². The topological polar surface area (TPSA) is 150 Å². The predicted octanol–water partition coefficient (Wildman–Crippen LogP) is 3.49. The molecule has 0 aliphatic rings. The third-order valence-electron chi connectivity index (χ3n) is 4.58. The average molecular weight is 449 g/mol. The van der Waals surface area contributed by atoms with E-state index in [4.69, 9.17) is 14.9 Å². The molecule has 0 fully saturated rings. The maximum Gasteiger partial charge on any atom is 0.469 e. The van der Waals surface area contributed by atoms with Crippen molar-refractivity contribution >= 4 is 25.5 Å². The van der Waals surface area contributed by atoms with Gasteiger partial charge in [0.05, 0.1) is 6.61 Å². The molecule has 0 spiro atoms. The zero-order valence-electron chi connectivity index (χ0n) is 17.8. The van der Waals surface area contributed by atoms with Gasteiger partial charge >= 0.3 is 13.8 Å². The van der Waals surface area contributed by atoms with Gasteiger partial charge in [0, 0.05) is 12.8 Å². The highest BCUT2D eigenvalue weighted by molar-refractivity contribution is 7.46. The van der Waals surface area contributed by atoms with Crippen LogP contribution in [0.2, 0.25) is 0 Å². The smallest absolute Gasteiger partial charge is 0.469 e. The summed E-state index contributed by atoms with van der Waals surface area (Å²) in [6.07, 6.45) is 10.8. The van der Waals surface area contributed by atoms with Gasteiger partial charge in [-0.25, -0.2) is 9.36 Å². The zero-order chi connectivity index (χ0) is 23.0. The van der Waals surface area contributed by atoms with E-state index >= 15 is 0 Å². The Bertz CT molecular complexity index is 602. The van der Waals surface area contributed by atoms with Gasteiger partial charge in [0.1, 0.15) is 0 Å². The molecule has 0 rings (SSSR count). The van der Waals surface area contributed by atoms with E-state index in [-0.39, 0.29) is 12.2 Å². The minimum atomic E-state index is -4.79. The van der Waals surface area contributed by atoms with E-state index in [2.05, 4.69) is 16.4 Å². The van der Waals surface area contributed by atoms with Crippen molar-refractivity contribution in [3.8, 4) is 0 Å². The van der Waals surface area contributed by atoms with Crippen molar-refractivity contribution < 1.29 is 38.4 Å². The largest absolute Gasteiger partial charge is 0.480 e. The Morgan fingerprint density at radius 2 is 1.33 bits per heavy atom. The highest BCUT2D eigenvalue weighted by atomic mass is 31.2. The van der Waals surface area contributed by atoms with Crippen molar-refractivity contribution in [2.75, 3.05) is 6.61 Å². The number of carboxylic acid groups (broad SMARTS) is 1. The lowest BCUT2D eigenvalue weighted by atomic mass is 10.0. The monoisotopic (exact) mass is 449 g/mol. The number of hydrogen-bond acceptors (Lipinski definition) is 5. The predicted molar refractivity (Wildman–Crippen MR) is 113 cm³/mol. The van der Waals surface area contributed by atoms with E-state index in [0.717, 1.165) is 57.8 Å². The molecule has 0 aromatic carbocycles. The lowest BCUT2D eigenvalue weighted by Gasteiger charge is -2.15. The minimum absolute atomic E-state index is 0.150. The second-order valence-corrected chi connectivity index (χ2v) is 8.72. The summed E-state index contributed by atoms with van der Waals surface area (Å²) in [5, 5.41) is 11.2. The zero-order valence-corrected chi connectivity index (χ0v) is 18.7. The molecule has 10 heteroatoms. The number of rotatable bonds is 19. The number of carbonyl (C=O) groups excluding carboxylic acids is 2. The minimum Gasteiger partial charge on any atom is -0.480 e. The first-order valence-electron chi connectivity index (χ1n) is 10.4. The summed E-state index contributed by atoms with van der Waals surface area (Å²) < 4.78 is 14.8. The third kappa shape index (κ3) is 17.3. The first kappa shape index (κ1) is 28.5. The first-order valence-corrected chi connectivity index (χ1v) is 12.0. The van der Waals surface area contributed by atoms with E-state index in [0.29, 0.717) is 18.4 Å². The van der Waals surface area contributed by atoms with Crippen molar-refractivity contribution in [2.24, 2.45) is 0 Å². The Labute approximate surface area is 178 Å². The quantitative estimate of drug-likeness (QED) is 0.133. The molecule has 0 aliphatic heterocycles. The molecular formula is C20H36NO8P. The summed E-state index contributed by atoms with van der Waals surface area (Å²) in [5.41, 5.74) is 0.628. The maximum atomic E-state index is 11.8. The van der Waals surface area contributed by atoms with E-state index < -0.39 is 32.3 Å². The summed E-state index contributed by atoms with van der Waals surface area (Å²) >= 11 is 0. The van der Waals surface area contributed by atoms with Crippen LogP contribution in [-0.4, -0.2) is 45.2 Å². The van der Waals surface area contributed by atoms with Gasteiger partial charge in [-0.3, -0.25) is 14.1 Å². The number of hydrogen-bond donors (Lipinski definition) is 4. The average Bonchev–Trinajstić information content (AvgIpc) is 2.64. The Balaban J connectivity index is 3.63. The third-order valence-corrected chi connectivity index (χ3v) is 5.06. The molecular weight excluding hydrogens is 413 g/mol. The number of aliphatic carboxylic acids is 1. The van der Waals surface area contributed by atoms with Crippen LogP contribution >= 0.6 is 7.82 Å². The Hall–Kier alpha value is -1.54. The van der Waals surface area contributed by atoms with E-state index in [1.807, 2.05) is 0 Å². The number of Topliss-reactive ketones (excluding diaryl/α,β-unsaturated/α-hetero) is 1. The number of phosphoric acid groups is 1. The maximum absolute atomic E-state index is 11.8. The number of amides is 1. The molecule has 1 unspecified atom stereocenters. The van der Waals surface area contributed by atoms with Gasteiger partial charge in [0.25, 0.3) is 0 Å². The second-order valence-electron chi connectivity index (χ2n) is 7.48.